The first-order chi connectivity index (χ1) is 9.36. The highest BCUT2D eigenvalue weighted by molar-refractivity contribution is 5.89. The van der Waals surface area contributed by atoms with E-state index in [-0.39, 0.29) is 13.0 Å². The number of carbonyl (C=O) groups excluding carboxylic acids is 1. The Morgan fingerprint density at radius 2 is 1.95 bits per heavy atom. The van der Waals surface area contributed by atoms with Crippen LogP contribution in [0.5, 0.6) is 0 Å². The molecule has 1 aliphatic rings. The van der Waals surface area contributed by atoms with Crippen molar-refractivity contribution in [2.24, 2.45) is 5.92 Å². The van der Waals surface area contributed by atoms with Crippen molar-refractivity contribution >= 4 is 17.4 Å². The Hall–Kier alpha value is -1.92. The molecule has 2 amide bonds. The molecule has 0 radical (unpaired) electrons. The Balaban J connectivity index is 1.97. The lowest BCUT2D eigenvalue weighted by Gasteiger charge is -2.33. The van der Waals surface area contributed by atoms with Crippen LogP contribution in [0.2, 0.25) is 0 Å². The molecule has 0 bridgehead atoms. The summed E-state index contributed by atoms with van der Waals surface area (Å²) >= 11 is 0. The number of likely N-dealkylation sites (tertiary alicyclic amines) is 1. The van der Waals surface area contributed by atoms with Crippen molar-refractivity contribution in [1.82, 2.24) is 4.90 Å². The standard InChI is InChI=1S/C13H16F3N3O/c14-13(15,16)9-2-1-7-19(8-9)12(20)18-11-5-3-10(17)4-6-11/h3-6,9H,1-2,7-8,17H2,(H,18,20). The lowest BCUT2D eigenvalue weighted by Crippen LogP contribution is -2.46. The van der Waals surface area contributed by atoms with Gasteiger partial charge in [-0.15, -0.1) is 0 Å². The van der Waals surface area contributed by atoms with E-state index in [1.807, 2.05) is 0 Å². The number of hydrogen-bond donors (Lipinski definition) is 2. The molecule has 1 heterocycles. The Morgan fingerprint density at radius 1 is 1.30 bits per heavy atom. The van der Waals surface area contributed by atoms with E-state index in [1.165, 1.54) is 4.90 Å². The van der Waals surface area contributed by atoms with Crippen molar-refractivity contribution in [3.05, 3.63) is 24.3 Å². The Labute approximate surface area is 114 Å². The lowest BCUT2D eigenvalue weighted by atomic mass is 9.98. The molecular formula is C13H16F3N3O. The molecular weight excluding hydrogens is 271 g/mol. The molecule has 1 fully saturated rings. The van der Waals surface area contributed by atoms with Crippen LogP contribution in [0.1, 0.15) is 12.8 Å². The molecule has 110 valence electrons. The number of alkyl halides is 3. The fraction of sp³-hybridized carbons (Fsp3) is 0.462. The van der Waals surface area contributed by atoms with Crippen molar-refractivity contribution in [1.29, 1.82) is 0 Å². The maximum absolute atomic E-state index is 12.7. The first-order valence-electron chi connectivity index (χ1n) is 6.34. The third-order valence-electron chi connectivity index (χ3n) is 3.33. The fourth-order valence-electron chi connectivity index (χ4n) is 2.20. The number of amides is 2. The number of piperidine rings is 1. The van der Waals surface area contributed by atoms with Crippen molar-refractivity contribution in [2.45, 2.75) is 19.0 Å². The van der Waals surface area contributed by atoms with Gasteiger partial charge in [-0.1, -0.05) is 0 Å². The number of nitrogens with one attached hydrogen (secondary N) is 1. The summed E-state index contributed by atoms with van der Waals surface area (Å²) in [4.78, 5) is 13.1. The van der Waals surface area contributed by atoms with Gasteiger partial charge in [0.15, 0.2) is 0 Å². The van der Waals surface area contributed by atoms with E-state index in [1.54, 1.807) is 24.3 Å². The molecule has 1 atom stereocenters. The Kier molecular flexibility index (Phi) is 4.06. The maximum atomic E-state index is 12.7. The number of nitrogen functional groups attached to an aromatic ring is 1. The van der Waals surface area contributed by atoms with E-state index in [9.17, 15) is 18.0 Å². The number of halogens is 3. The smallest absolute Gasteiger partial charge is 0.393 e. The molecule has 1 saturated heterocycles. The van der Waals surface area contributed by atoms with Crippen LogP contribution < -0.4 is 11.1 Å². The normalized spacial score (nSPS) is 19.8. The largest absolute Gasteiger partial charge is 0.399 e. The van der Waals surface area contributed by atoms with Gasteiger partial charge in [-0.2, -0.15) is 13.2 Å². The molecule has 1 aromatic rings. The molecule has 1 aliphatic heterocycles. The molecule has 3 N–H and O–H groups in total. The maximum Gasteiger partial charge on any atom is 0.393 e. The summed E-state index contributed by atoms with van der Waals surface area (Å²) < 4.78 is 38.0. The van der Waals surface area contributed by atoms with Gasteiger partial charge in [-0.3, -0.25) is 0 Å². The van der Waals surface area contributed by atoms with Gasteiger partial charge in [0.1, 0.15) is 0 Å². The first-order valence-corrected chi connectivity index (χ1v) is 6.34. The van der Waals surface area contributed by atoms with Gasteiger partial charge in [0, 0.05) is 24.5 Å². The molecule has 2 rings (SSSR count). The number of nitrogens with two attached hydrogens (primary N) is 1. The summed E-state index contributed by atoms with van der Waals surface area (Å²) in [6, 6.07) is 5.94. The van der Waals surface area contributed by atoms with Gasteiger partial charge in [-0.25, -0.2) is 4.79 Å². The monoisotopic (exact) mass is 287 g/mol. The molecule has 0 aromatic heterocycles. The second-order valence-corrected chi connectivity index (χ2v) is 4.88. The number of rotatable bonds is 1. The second-order valence-electron chi connectivity index (χ2n) is 4.88. The molecule has 0 saturated carbocycles. The number of anilines is 2. The van der Waals surface area contributed by atoms with Crippen molar-refractivity contribution in [3.8, 4) is 0 Å². The van der Waals surface area contributed by atoms with Gasteiger partial charge in [-0.05, 0) is 37.1 Å². The van der Waals surface area contributed by atoms with Gasteiger partial charge in [0.05, 0.1) is 5.92 Å². The average Bonchev–Trinajstić information content (AvgIpc) is 2.40. The van der Waals surface area contributed by atoms with Crippen molar-refractivity contribution in [3.63, 3.8) is 0 Å². The highest BCUT2D eigenvalue weighted by Crippen LogP contribution is 2.33. The van der Waals surface area contributed by atoms with E-state index >= 15 is 0 Å². The molecule has 20 heavy (non-hydrogen) atoms. The zero-order valence-corrected chi connectivity index (χ0v) is 10.8. The minimum Gasteiger partial charge on any atom is -0.399 e. The highest BCUT2D eigenvalue weighted by Gasteiger charge is 2.42. The summed E-state index contributed by atoms with van der Waals surface area (Å²) in [5.74, 6) is -1.44. The topological polar surface area (TPSA) is 58.4 Å². The predicted molar refractivity (Wildman–Crippen MR) is 70.2 cm³/mol. The van der Waals surface area contributed by atoms with Gasteiger partial charge < -0.3 is 16.0 Å². The molecule has 7 heteroatoms. The lowest BCUT2D eigenvalue weighted by molar-refractivity contribution is -0.183. The van der Waals surface area contributed by atoms with Crippen LogP contribution in [0.25, 0.3) is 0 Å². The van der Waals surface area contributed by atoms with Crippen LogP contribution in [0, 0.1) is 5.92 Å². The zero-order valence-electron chi connectivity index (χ0n) is 10.8. The number of benzene rings is 1. The third kappa shape index (κ3) is 3.55. The van der Waals surface area contributed by atoms with E-state index in [4.69, 9.17) is 5.73 Å². The second kappa shape index (κ2) is 5.60. The predicted octanol–water partition coefficient (Wildman–Crippen LogP) is 3.08. The van der Waals surface area contributed by atoms with E-state index in [2.05, 4.69) is 5.32 Å². The van der Waals surface area contributed by atoms with Crippen LogP contribution >= 0.6 is 0 Å². The minimum absolute atomic E-state index is 0.0785. The van der Waals surface area contributed by atoms with Crippen LogP contribution in [0.4, 0.5) is 29.3 Å². The fourth-order valence-corrected chi connectivity index (χ4v) is 2.20. The first kappa shape index (κ1) is 14.5. The van der Waals surface area contributed by atoms with Crippen molar-refractivity contribution < 1.29 is 18.0 Å². The average molecular weight is 287 g/mol. The Morgan fingerprint density at radius 3 is 2.55 bits per heavy atom. The summed E-state index contributed by atoms with van der Waals surface area (Å²) in [6.45, 7) is 0.0533. The van der Waals surface area contributed by atoms with Crippen LogP contribution in [0.15, 0.2) is 24.3 Å². The number of hydrogen-bond acceptors (Lipinski definition) is 2. The van der Waals surface area contributed by atoms with Crippen LogP contribution in [-0.2, 0) is 0 Å². The quantitative estimate of drug-likeness (QED) is 0.780. The van der Waals surface area contributed by atoms with Gasteiger partial charge in [0.25, 0.3) is 0 Å². The van der Waals surface area contributed by atoms with Crippen molar-refractivity contribution in [2.75, 3.05) is 24.1 Å². The van der Waals surface area contributed by atoms with E-state index in [0.717, 1.165) is 0 Å². The third-order valence-corrected chi connectivity index (χ3v) is 3.33. The van der Waals surface area contributed by atoms with E-state index < -0.39 is 18.1 Å². The summed E-state index contributed by atoms with van der Waals surface area (Å²) in [5.41, 5.74) is 6.58. The molecule has 1 unspecified atom stereocenters. The summed E-state index contributed by atoms with van der Waals surface area (Å²) in [5, 5.41) is 2.57. The van der Waals surface area contributed by atoms with Gasteiger partial charge in [0.2, 0.25) is 0 Å². The molecule has 4 nitrogen and oxygen atoms in total. The van der Waals surface area contributed by atoms with Crippen LogP contribution in [0.3, 0.4) is 0 Å². The highest BCUT2D eigenvalue weighted by atomic mass is 19.4. The molecule has 0 aliphatic carbocycles. The summed E-state index contributed by atoms with van der Waals surface area (Å²) in [6.07, 6.45) is -3.81. The van der Waals surface area contributed by atoms with Crippen LogP contribution in [-0.4, -0.2) is 30.2 Å². The van der Waals surface area contributed by atoms with E-state index in [0.29, 0.717) is 24.3 Å². The number of carbonyl (C=O) groups is 1. The summed E-state index contributed by atoms with van der Waals surface area (Å²) in [7, 11) is 0. The Bertz CT molecular complexity index is 473. The van der Waals surface area contributed by atoms with Gasteiger partial charge >= 0.3 is 12.2 Å². The molecule has 1 aromatic carbocycles. The number of urea groups is 1. The number of nitrogens with zero attached hydrogens (tertiary/aromatic N) is 1. The minimum atomic E-state index is -4.25. The zero-order chi connectivity index (χ0) is 14.8. The SMILES string of the molecule is Nc1ccc(NC(=O)N2CCCC(C(F)(F)F)C2)cc1. The molecule has 0 spiro atoms.